The second-order valence-corrected chi connectivity index (χ2v) is 8.01. The van der Waals surface area contributed by atoms with Crippen molar-refractivity contribution in [2.75, 3.05) is 12.4 Å². The van der Waals surface area contributed by atoms with Crippen LogP contribution in [0.25, 0.3) is 0 Å². The molecule has 26 heavy (non-hydrogen) atoms. The van der Waals surface area contributed by atoms with Crippen LogP contribution in [-0.4, -0.2) is 28.8 Å². The smallest absolute Gasteiger partial charge is 0.340 e. The van der Waals surface area contributed by atoms with E-state index in [4.69, 9.17) is 4.74 Å². The van der Waals surface area contributed by atoms with Gasteiger partial charge < -0.3 is 10.1 Å². The number of hydrogen-bond donors (Lipinski definition) is 1. The van der Waals surface area contributed by atoms with Gasteiger partial charge in [0.15, 0.2) is 0 Å². The van der Waals surface area contributed by atoms with E-state index < -0.39 is 18.3 Å². The van der Waals surface area contributed by atoms with E-state index in [0.29, 0.717) is 10.7 Å². The van der Waals surface area contributed by atoms with E-state index in [9.17, 15) is 18.4 Å². The molecule has 2 aromatic rings. The van der Waals surface area contributed by atoms with Crippen molar-refractivity contribution < 1.29 is 23.1 Å². The molecule has 1 fully saturated rings. The molecular weight excluding hydrogens is 432 g/mol. The van der Waals surface area contributed by atoms with Crippen LogP contribution in [0.1, 0.15) is 51.8 Å². The van der Waals surface area contributed by atoms with Gasteiger partial charge in [0, 0.05) is 10.8 Å². The normalized spacial score (nSPS) is 13.9. The number of nitrogens with one attached hydrogen (secondary N) is 1. The van der Waals surface area contributed by atoms with Gasteiger partial charge in [0.05, 0.1) is 22.8 Å². The summed E-state index contributed by atoms with van der Waals surface area (Å²) in [5, 5.41) is 6.92. The van der Waals surface area contributed by atoms with E-state index in [0.717, 1.165) is 17.7 Å². The predicted molar refractivity (Wildman–Crippen MR) is 95.9 cm³/mol. The van der Waals surface area contributed by atoms with Crippen LogP contribution < -0.4 is 5.32 Å². The predicted octanol–water partition coefficient (Wildman–Crippen LogP) is 4.26. The summed E-state index contributed by atoms with van der Waals surface area (Å²) in [6.07, 6.45) is -0.965. The Kier molecular flexibility index (Phi) is 5.42. The third-order valence-corrected chi connectivity index (χ3v) is 5.71. The topological polar surface area (TPSA) is 73.2 Å². The Bertz CT molecular complexity index is 861. The van der Waals surface area contributed by atoms with Crippen LogP contribution in [0, 0.1) is 6.92 Å². The van der Waals surface area contributed by atoms with Crippen LogP contribution >= 0.6 is 27.3 Å². The molecule has 0 aromatic carbocycles. The molecule has 0 bridgehead atoms. The molecule has 6 nitrogen and oxygen atoms in total. The van der Waals surface area contributed by atoms with Crippen LogP contribution in [0.15, 0.2) is 10.5 Å². The van der Waals surface area contributed by atoms with Gasteiger partial charge in [-0.05, 0) is 41.8 Å². The van der Waals surface area contributed by atoms with Crippen LogP contribution in [0.4, 0.5) is 13.8 Å². The van der Waals surface area contributed by atoms with E-state index in [1.165, 1.54) is 23.1 Å². The van der Waals surface area contributed by atoms with Gasteiger partial charge in [-0.25, -0.2) is 13.6 Å². The van der Waals surface area contributed by atoms with Crippen molar-refractivity contribution >= 4 is 44.1 Å². The zero-order valence-corrected chi connectivity index (χ0v) is 16.4. The highest BCUT2D eigenvalue weighted by Crippen LogP contribution is 2.45. The van der Waals surface area contributed by atoms with Crippen LogP contribution in [0.5, 0.6) is 0 Å². The van der Waals surface area contributed by atoms with Gasteiger partial charge in [0.1, 0.15) is 17.2 Å². The third-order valence-electron chi connectivity index (χ3n) is 3.93. The van der Waals surface area contributed by atoms with Gasteiger partial charge in [-0.2, -0.15) is 5.10 Å². The number of ether oxygens (including phenoxy) is 1. The number of esters is 1. The lowest BCUT2D eigenvalue weighted by atomic mass is 10.2. The minimum absolute atomic E-state index is 0.131. The first-order valence-electron chi connectivity index (χ1n) is 7.84. The molecule has 10 heteroatoms. The molecular formula is C16H16BrF2N3O3S. The van der Waals surface area contributed by atoms with Crippen molar-refractivity contribution in [1.29, 1.82) is 0 Å². The molecule has 1 saturated carbocycles. The number of carbonyl (C=O) groups excluding carboxylic acids is 2. The van der Waals surface area contributed by atoms with Crippen LogP contribution in [0.3, 0.4) is 0 Å². The summed E-state index contributed by atoms with van der Waals surface area (Å²) in [5.74, 6) is -0.869. The van der Waals surface area contributed by atoms with E-state index >= 15 is 0 Å². The number of aromatic nitrogens is 2. The Balaban J connectivity index is 1.81. The summed E-state index contributed by atoms with van der Waals surface area (Å²) >= 11 is 4.43. The maximum atomic E-state index is 13.1. The highest BCUT2D eigenvalue weighted by atomic mass is 79.9. The van der Waals surface area contributed by atoms with Gasteiger partial charge in [0.2, 0.25) is 5.91 Å². The van der Waals surface area contributed by atoms with Crippen LogP contribution in [-0.2, 0) is 16.1 Å². The first-order chi connectivity index (χ1) is 12.3. The minimum Gasteiger partial charge on any atom is -0.465 e. The molecule has 1 aliphatic carbocycles. The molecule has 1 N–H and O–H groups in total. The first-order valence-corrected chi connectivity index (χ1v) is 9.45. The summed E-state index contributed by atoms with van der Waals surface area (Å²) in [6.45, 7) is 1.59. The summed E-state index contributed by atoms with van der Waals surface area (Å²) in [5.41, 5.74) is 0.522. The number of amides is 1. The highest BCUT2D eigenvalue weighted by Gasteiger charge is 2.34. The fourth-order valence-electron chi connectivity index (χ4n) is 2.65. The lowest BCUT2D eigenvalue weighted by molar-refractivity contribution is -0.116. The molecule has 0 spiro atoms. The Morgan fingerprint density at radius 1 is 1.50 bits per heavy atom. The number of alkyl halides is 2. The molecule has 0 unspecified atom stereocenters. The number of nitrogens with zero attached hydrogens (tertiary/aromatic N) is 2. The lowest BCUT2D eigenvalue weighted by Crippen LogP contribution is -2.21. The fraction of sp³-hybridized carbons (Fsp3) is 0.438. The van der Waals surface area contributed by atoms with Gasteiger partial charge >= 0.3 is 5.97 Å². The SMILES string of the molecule is COC(=O)c1cc(C)sc1NC(=O)Cn1nc(C(F)F)c(Br)c1C1CC1. The highest BCUT2D eigenvalue weighted by molar-refractivity contribution is 9.10. The average molecular weight is 448 g/mol. The molecule has 0 atom stereocenters. The van der Waals surface area contributed by atoms with Gasteiger partial charge in [0.25, 0.3) is 6.43 Å². The summed E-state index contributed by atoms with van der Waals surface area (Å²) in [7, 11) is 1.26. The van der Waals surface area contributed by atoms with E-state index in [1.54, 1.807) is 13.0 Å². The maximum absolute atomic E-state index is 13.1. The Morgan fingerprint density at radius 2 is 2.19 bits per heavy atom. The van der Waals surface area contributed by atoms with Crippen LogP contribution in [0.2, 0.25) is 0 Å². The summed E-state index contributed by atoms with van der Waals surface area (Å²) in [6, 6.07) is 1.63. The molecule has 2 aromatic heterocycles. The molecule has 3 rings (SSSR count). The van der Waals surface area contributed by atoms with Crippen molar-refractivity contribution in [2.45, 2.75) is 38.7 Å². The lowest BCUT2D eigenvalue weighted by Gasteiger charge is -2.08. The number of aryl methyl sites for hydroxylation is 1. The summed E-state index contributed by atoms with van der Waals surface area (Å²) in [4.78, 5) is 25.0. The number of thiophene rings is 1. The standard InChI is InChI=1S/C16H16BrF2N3O3S/c1-7-5-9(16(24)25-2)15(26-7)20-10(23)6-22-13(8-3-4-8)11(17)12(21-22)14(18)19/h5,8,14H,3-4,6H2,1-2H3,(H,20,23). The number of rotatable bonds is 6. The zero-order valence-electron chi connectivity index (χ0n) is 14.0. The van der Waals surface area contributed by atoms with Crippen molar-refractivity contribution in [3.05, 3.63) is 32.4 Å². The quantitative estimate of drug-likeness (QED) is 0.671. The number of anilines is 1. The third kappa shape index (κ3) is 3.80. The monoisotopic (exact) mass is 447 g/mol. The molecule has 1 aliphatic rings. The molecule has 0 aliphatic heterocycles. The second-order valence-electron chi connectivity index (χ2n) is 5.96. The van der Waals surface area contributed by atoms with Gasteiger partial charge in [-0.1, -0.05) is 0 Å². The minimum atomic E-state index is -2.72. The number of carbonyl (C=O) groups is 2. The number of methoxy groups -OCH3 is 1. The largest absolute Gasteiger partial charge is 0.465 e. The molecule has 0 radical (unpaired) electrons. The van der Waals surface area contributed by atoms with Crippen molar-refractivity contribution in [3.8, 4) is 0 Å². The second kappa shape index (κ2) is 7.43. The molecule has 0 saturated heterocycles. The Labute approximate surface area is 160 Å². The number of hydrogen-bond acceptors (Lipinski definition) is 5. The van der Waals surface area contributed by atoms with Gasteiger partial charge in [-0.15, -0.1) is 11.3 Å². The van der Waals surface area contributed by atoms with Crippen molar-refractivity contribution in [3.63, 3.8) is 0 Å². The van der Waals surface area contributed by atoms with Crippen molar-refractivity contribution in [1.82, 2.24) is 9.78 Å². The van der Waals surface area contributed by atoms with E-state index in [2.05, 4.69) is 26.3 Å². The Hall–Kier alpha value is -1.81. The van der Waals surface area contributed by atoms with Crippen molar-refractivity contribution in [2.24, 2.45) is 0 Å². The maximum Gasteiger partial charge on any atom is 0.340 e. The molecule has 140 valence electrons. The summed E-state index contributed by atoms with van der Waals surface area (Å²) < 4.78 is 32.5. The molecule has 1 amide bonds. The fourth-order valence-corrected chi connectivity index (χ4v) is 4.35. The average Bonchev–Trinajstić information content (AvgIpc) is 3.26. The van der Waals surface area contributed by atoms with E-state index in [-0.39, 0.29) is 28.2 Å². The number of halogens is 3. The first kappa shape index (κ1) is 19.0. The van der Waals surface area contributed by atoms with E-state index in [1.807, 2.05) is 0 Å². The molecule has 2 heterocycles. The zero-order chi connectivity index (χ0) is 19.0. The van der Waals surface area contributed by atoms with Gasteiger partial charge in [-0.3, -0.25) is 9.48 Å². The Morgan fingerprint density at radius 3 is 2.77 bits per heavy atom.